The summed E-state index contributed by atoms with van der Waals surface area (Å²) in [6.07, 6.45) is 12.9. The Hall–Kier alpha value is -2.61. The minimum absolute atomic E-state index is 0.0499. The molecule has 182 valence electrons. The van der Waals surface area contributed by atoms with E-state index in [0.29, 0.717) is 39.8 Å². The zero-order valence-corrected chi connectivity index (χ0v) is 21.6. The van der Waals surface area contributed by atoms with Gasteiger partial charge >= 0.3 is 5.97 Å². The lowest BCUT2D eigenvalue weighted by molar-refractivity contribution is -0.723. The van der Waals surface area contributed by atoms with E-state index in [1.807, 2.05) is 32.9 Å². The maximum atomic E-state index is 13.8. The molecule has 1 saturated carbocycles. The van der Waals surface area contributed by atoms with Crippen molar-refractivity contribution in [1.29, 1.82) is 0 Å². The number of carbonyl (C=O) groups excluding carboxylic acids is 1. The fraction of sp³-hybridized carbons (Fsp3) is 0.423. The highest BCUT2D eigenvalue weighted by Gasteiger charge is 2.55. The van der Waals surface area contributed by atoms with Crippen molar-refractivity contribution in [2.24, 2.45) is 15.2 Å². The second-order valence-electron chi connectivity index (χ2n) is 10.3. The molecule has 2 aliphatic carbocycles. The number of ether oxygens (including phenoxy) is 1. The van der Waals surface area contributed by atoms with Crippen LogP contribution in [0.15, 0.2) is 67.7 Å². The van der Waals surface area contributed by atoms with Crippen LogP contribution in [0.2, 0.25) is 5.15 Å². The molecule has 1 aromatic heterocycles. The van der Waals surface area contributed by atoms with Gasteiger partial charge in [-0.25, -0.2) is 14.8 Å². The average Bonchev–Trinajstić information content (AvgIpc) is 3.17. The summed E-state index contributed by atoms with van der Waals surface area (Å²) in [5.41, 5.74) is 2.41. The monoisotopic (exact) mass is 512 g/mol. The van der Waals surface area contributed by atoms with Crippen LogP contribution in [0.25, 0.3) is 0 Å². The molecule has 0 bridgehead atoms. The van der Waals surface area contributed by atoms with Crippen LogP contribution in [-0.2, 0) is 9.53 Å². The van der Waals surface area contributed by atoms with Crippen LogP contribution in [0.1, 0.15) is 64.4 Å². The predicted octanol–water partition coefficient (Wildman–Crippen LogP) is 6.02. The van der Waals surface area contributed by atoms with Crippen molar-refractivity contribution < 1.29 is 14.0 Å². The van der Waals surface area contributed by atoms with E-state index in [2.05, 4.69) is 26.2 Å². The maximum Gasteiger partial charge on any atom is 0.394 e. The summed E-state index contributed by atoms with van der Waals surface area (Å²) in [5, 5.41) is 9.88. The summed E-state index contributed by atoms with van der Waals surface area (Å²) in [6, 6.07) is 4.03. The van der Waals surface area contributed by atoms with Crippen LogP contribution in [0.5, 0.6) is 0 Å². The number of hydrogen-bond acceptors (Lipinski definition) is 6. The smallest absolute Gasteiger partial charge is 0.394 e. The summed E-state index contributed by atoms with van der Waals surface area (Å²) >= 11 is 12.7. The number of aromatic nitrogens is 1. The van der Waals surface area contributed by atoms with Crippen molar-refractivity contribution in [3.05, 3.63) is 63.2 Å². The van der Waals surface area contributed by atoms with Gasteiger partial charge in [-0.3, -0.25) is 0 Å². The Bertz CT molecular complexity index is 1250. The van der Waals surface area contributed by atoms with Gasteiger partial charge in [-0.05, 0) is 57.2 Å². The van der Waals surface area contributed by atoms with E-state index in [1.165, 1.54) is 0 Å². The van der Waals surface area contributed by atoms with Gasteiger partial charge in [0.15, 0.2) is 0 Å². The number of rotatable bonds is 3. The van der Waals surface area contributed by atoms with E-state index in [1.54, 1.807) is 24.8 Å². The van der Waals surface area contributed by atoms with Crippen molar-refractivity contribution in [2.45, 2.75) is 70.4 Å². The van der Waals surface area contributed by atoms with Gasteiger partial charge in [-0.15, -0.1) is 0 Å². The first-order chi connectivity index (χ1) is 16.7. The molecule has 0 radical (unpaired) electrons. The third kappa shape index (κ3) is 4.41. The number of carbonyl (C=O) groups is 1. The van der Waals surface area contributed by atoms with Crippen LogP contribution in [0.3, 0.4) is 0 Å². The SMILES string of the molecule is CC(C)(C)OC(=O)C1=C2CC=C(Cl)C=C2N=CC2=NN=C[N+]21C1CCC(c2cccnc2Cl)CC1. The summed E-state index contributed by atoms with van der Waals surface area (Å²) in [4.78, 5) is 22.8. The van der Waals surface area contributed by atoms with E-state index >= 15 is 0 Å². The molecule has 2 aliphatic heterocycles. The molecule has 0 N–H and O–H groups in total. The van der Waals surface area contributed by atoms with E-state index in [4.69, 9.17) is 27.9 Å². The first-order valence-electron chi connectivity index (χ1n) is 11.9. The molecule has 5 rings (SSSR count). The summed E-state index contributed by atoms with van der Waals surface area (Å²) in [6.45, 7) is 5.62. The van der Waals surface area contributed by atoms with E-state index in [0.717, 1.165) is 36.8 Å². The zero-order valence-electron chi connectivity index (χ0n) is 20.0. The van der Waals surface area contributed by atoms with Crippen LogP contribution in [0.4, 0.5) is 0 Å². The number of allylic oxidation sites excluding steroid dienone is 4. The molecule has 1 fully saturated rings. The van der Waals surface area contributed by atoms with Gasteiger partial charge in [0.25, 0.3) is 5.84 Å². The van der Waals surface area contributed by atoms with Crippen LogP contribution in [-0.4, -0.2) is 45.5 Å². The van der Waals surface area contributed by atoms with Crippen molar-refractivity contribution in [3.8, 4) is 0 Å². The number of aliphatic imine (C=N–C) groups is 1. The minimum atomic E-state index is -0.656. The summed E-state index contributed by atoms with van der Waals surface area (Å²) < 4.78 is 6.06. The van der Waals surface area contributed by atoms with Crippen LogP contribution in [0, 0.1) is 0 Å². The topological polar surface area (TPSA) is 76.3 Å². The van der Waals surface area contributed by atoms with Gasteiger partial charge in [-0.2, -0.15) is 4.48 Å². The minimum Gasteiger partial charge on any atom is -0.452 e. The van der Waals surface area contributed by atoms with Gasteiger partial charge in [0.05, 0.1) is 11.3 Å². The standard InChI is InChI=1S/C26H28Cl2N5O2/c1-26(2,3)35-25(34)23-20-11-8-17(27)13-21(20)30-14-22-32-31-15-33(22,23)18-9-6-16(7-10-18)19-5-4-12-29-24(19)28/h4-5,8,12-16,18H,6-7,9-11H2,1-3H3/q+1. The highest BCUT2D eigenvalue weighted by atomic mass is 35.5. The van der Waals surface area contributed by atoms with Crippen LogP contribution >= 0.6 is 23.2 Å². The van der Waals surface area contributed by atoms with E-state index in [-0.39, 0.29) is 16.5 Å². The number of halogens is 2. The average molecular weight is 513 g/mol. The largest absolute Gasteiger partial charge is 0.452 e. The number of amidine groups is 1. The molecular formula is C26H28Cl2N5O2+. The first-order valence-corrected chi connectivity index (χ1v) is 12.6. The molecule has 35 heavy (non-hydrogen) atoms. The summed E-state index contributed by atoms with van der Waals surface area (Å²) in [5.74, 6) is 0.553. The van der Waals surface area contributed by atoms with Gasteiger partial charge in [0, 0.05) is 30.5 Å². The fourth-order valence-corrected chi connectivity index (χ4v) is 5.87. The molecule has 3 heterocycles. The Kier molecular flexibility index (Phi) is 6.28. The van der Waals surface area contributed by atoms with Gasteiger partial charge < -0.3 is 4.74 Å². The van der Waals surface area contributed by atoms with Crippen molar-refractivity contribution in [1.82, 2.24) is 4.98 Å². The zero-order chi connectivity index (χ0) is 24.8. The molecular weight excluding hydrogens is 485 g/mol. The van der Waals surface area contributed by atoms with Crippen molar-refractivity contribution in [3.63, 3.8) is 0 Å². The number of quaternary nitrogens is 1. The highest BCUT2D eigenvalue weighted by molar-refractivity contribution is 6.32. The molecule has 9 heteroatoms. The number of fused-ring (bicyclic) bond motifs is 2. The quantitative estimate of drug-likeness (QED) is 0.282. The van der Waals surface area contributed by atoms with Crippen molar-refractivity contribution in [2.75, 3.05) is 0 Å². The van der Waals surface area contributed by atoms with Gasteiger partial charge in [0.2, 0.25) is 12.0 Å². The third-order valence-corrected chi connectivity index (χ3v) is 7.50. The van der Waals surface area contributed by atoms with Gasteiger partial charge in [-0.1, -0.05) is 45.5 Å². The Morgan fingerprint density at radius 2 is 1.94 bits per heavy atom. The number of hydrogen-bond donors (Lipinski definition) is 0. The second-order valence-corrected chi connectivity index (χ2v) is 11.1. The number of nitrogens with zero attached hydrogens (tertiary/aromatic N) is 5. The van der Waals surface area contributed by atoms with Gasteiger partial charge in [0.1, 0.15) is 23.0 Å². The first kappa shape index (κ1) is 24.1. The van der Waals surface area contributed by atoms with E-state index < -0.39 is 5.60 Å². The second kappa shape index (κ2) is 9.12. The third-order valence-electron chi connectivity index (χ3n) is 6.93. The molecule has 0 amide bonds. The molecule has 4 aliphatic rings. The molecule has 0 spiro atoms. The van der Waals surface area contributed by atoms with Crippen molar-refractivity contribution >= 4 is 47.6 Å². The molecule has 7 nitrogen and oxygen atoms in total. The molecule has 0 saturated heterocycles. The molecule has 1 unspecified atom stereocenters. The maximum absolute atomic E-state index is 13.8. The molecule has 1 aromatic rings. The highest BCUT2D eigenvalue weighted by Crippen LogP contribution is 2.45. The van der Waals surface area contributed by atoms with E-state index in [9.17, 15) is 4.79 Å². The Morgan fingerprint density at radius 1 is 1.17 bits per heavy atom. The Balaban J connectivity index is 1.57. The fourth-order valence-electron chi connectivity index (χ4n) is 5.42. The summed E-state index contributed by atoms with van der Waals surface area (Å²) in [7, 11) is 0. The lowest BCUT2D eigenvalue weighted by Crippen LogP contribution is -2.59. The van der Waals surface area contributed by atoms with Crippen LogP contribution < -0.4 is 0 Å². The number of pyridine rings is 1. The lowest BCUT2D eigenvalue weighted by Gasteiger charge is -2.41. The Labute approximate surface area is 215 Å². The normalized spacial score (nSPS) is 28.0. The lowest BCUT2D eigenvalue weighted by atomic mass is 9.80. The Morgan fingerprint density at radius 3 is 2.66 bits per heavy atom. The predicted molar refractivity (Wildman–Crippen MR) is 138 cm³/mol. The molecule has 0 aromatic carbocycles. The molecule has 1 atom stereocenters. The number of esters is 1.